The molecule has 2 aromatic rings. The lowest BCUT2D eigenvalue weighted by Gasteiger charge is -2.12. The third-order valence-corrected chi connectivity index (χ3v) is 4.66. The molecule has 0 saturated heterocycles. The lowest BCUT2D eigenvalue weighted by molar-refractivity contribution is 0.0693. The van der Waals surface area contributed by atoms with Crippen LogP contribution in [0.1, 0.15) is 15.9 Å². The van der Waals surface area contributed by atoms with Crippen molar-refractivity contribution in [2.24, 2.45) is 0 Å². The summed E-state index contributed by atoms with van der Waals surface area (Å²) in [5.74, 6) is -2.59. The van der Waals surface area contributed by atoms with Crippen molar-refractivity contribution in [3.63, 3.8) is 0 Å². The van der Waals surface area contributed by atoms with Gasteiger partial charge in [0.25, 0.3) is 10.0 Å². The van der Waals surface area contributed by atoms with E-state index in [4.69, 9.17) is 16.7 Å². The van der Waals surface area contributed by atoms with Crippen molar-refractivity contribution in [3.05, 3.63) is 58.4 Å². The summed E-state index contributed by atoms with van der Waals surface area (Å²) in [5, 5.41) is 9.38. The van der Waals surface area contributed by atoms with Gasteiger partial charge < -0.3 is 5.11 Å². The summed E-state index contributed by atoms with van der Waals surface area (Å²) in [6.45, 7) is 1.55. The third kappa shape index (κ3) is 3.20. The molecule has 116 valence electrons. The Morgan fingerprint density at radius 3 is 2.55 bits per heavy atom. The molecule has 0 radical (unpaired) electrons. The molecule has 0 aliphatic carbocycles. The minimum absolute atomic E-state index is 0.0718. The van der Waals surface area contributed by atoms with Gasteiger partial charge in [-0.25, -0.2) is 17.6 Å². The van der Waals surface area contributed by atoms with E-state index in [1.54, 1.807) is 6.92 Å². The van der Waals surface area contributed by atoms with Crippen LogP contribution in [0.25, 0.3) is 0 Å². The van der Waals surface area contributed by atoms with Crippen LogP contribution in [0.5, 0.6) is 0 Å². The first kappa shape index (κ1) is 16.3. The quantitative estimate of drug-likeness (QED) is 0.892. The normalized spacial score (nSPS) is 11.2. The van der Waals surface area contributed by atoms with Gasteiger partial charge in [0.05, 0.1) is 10.6 Å². The molecule has 0 heterocycles. The maximum absolute atomic E-state index is 13.6. The van der Waals surface area contributed by atoms with Crippen molar-refractivity contribution < 1.29 is 22.7 Å². The number of carboxylic acid groups (broad SMARTS) is 1. The molecule has 0 fully saturated rings. The predicted molar refractivity (Wildman–Crippen MR) is 80.4 cm³/mol. The summed E-state index contributed by atoms with van der Waals surface area (Å²) in [7, 11) is -4.07. The van der Waals surface area contributed by atoms with Crippen molar-refractivity contribution in [1.29, 1.82) is 0 Å². The number of hydrogen-bond donors (Lipinski definition) is 2. The number of nitrogens with one attached hydrogen (secondary N) is 1. The lowest BCUT2D eigenvalue weighted by atomic mass is 10.2. The zero-order valence-corrected chi connectivity index (χ0v) is 12.9. The van der Waals surface area contributed by atoms with Gasteiger partial charge >= 0.3 is 5.97 Å². The Bertz CT molecular complexity index is 852. The topological polar surface area (TPSA) is 83.5 Å². The molecule has 0 bridgehead atoms. The molecule has 2 aromatic carbocycles. The van der Waals surface area contributed by atoms with Gasteiger partial charge in [-0.05, 0) is 42.8 Å². The van der Waals surface area contributed by atoms with Gasteiger partial charge in [0, 0.05) is 5.02 Å². The summed E-state index contributed by atoms with van der Waals surface area (Å²) >= 11 is 5.77. The van der Waals surface area contributed by atoms with Crippen LogP contribution >= 0.6 is 11.6 Å². The Hall–Kier alpha value is -2.12. The number of benzene rings is 2. The number of aromatic carboxylic acids is 1. The molecule has 0 saturated carbocycles. The monoisotopic (exact) mass is 343 g/mol. The summed E-state index contributed by atoms with van der Waals surface area (Å²) in [5.41, 5.74) is -0.701. The highest BCUT2D eigenvalue weighted by Crippen LogP contribution is 2.25. The van der Waals surface area contributed by atoms with Crippen LogP contribution in [0.3, 0.4) is 0 Å². The van der Waals surface area contributed by atoms with Crippen molar-refractivity contribution in [2.45, 2.75) is 11.8 Å². The number of sulfonamides is 1. The van der Waals surface area contributed by atoms with Gasteiger partial charge in [-0.2, -0.15) is 0 Å². The molecule has 0 aromatic heterocycles. The summed E-state index contributed by atoms with van der Waals surface area (Å²) in [6, 6.07) is 7.48. The molecule has 5 nitrogen and oxygen atoms in total. The van der Waals surface area contributed by atoms with Crippen LogP contribution in [0.4, 0.5) is 10.1 Å². The molecular weight excluding hydrogens is 333 g/mol. The number of halogens is 2. The average Bonchev–Trinajstić information content (AvgIpc) is 2.36. The number of rotatable bonds is 4. The fraction of sp³-hybridized carbons (Fsp3) is 0.0714. The van der Waals surface area contributed by atoms with Crippen LogP contribution in [-0.2, 0) is 10.0 Å². The zero-order valence-electron chi connectivity index (χ0n) is 11.3. The van der Waals surface area contributed by atoms with E-state index < -0.39 is 27.4 Å². The van der Waals surface area contributed by atoms with Gasteiger partial charge in [0.2, 0.25) is 0 Å². The fourth-order valence-electron chi connectivity index (χ4n) is 1.94. The highest BCUT2D eigenvalue weighted by molar-refractivity contribution is 7.92. The van der Waals surface area contributed by atoms with Crippen LogP contribution in [-0.4, -0.2) is 19.5 Å². The molecule has 2 N–H and O–H groups in total. The maximum Gasteiger partial charge on any atom is 0.340 e. The molecular formula is C14H11ClFNO4S. The van der Waals surface area contributed by atoms with Gasteiger partial charge in [-0.3, -0.25) is 4.72 Å². The number of carboxylic acids is 1. The van der Waals surface area contributed by atoms with Crippen molar-refractivity contribution in [2.75, 3.05) is 4.72 Å². The smallest absolute Gasteiger partial charge is 0.340 e. The van der Waals surface area contributed by atoms with E-state index in [1.165, 1.54) is 30.3 Å². The number of aryl methyl sites for hydroxylation is 1. The van der Waals surface area contributed by atoms with E-state index in [0.717, 1.165) is 6.07 Å². The van der Waals surface area contributed by atoms with Gasteiger partial charge in [0.1, 0.15) is 11.4 Å². The molecule has 0 aliphatic heterocycles. The van der Waals surface area contributed by atoms with Crippen molar-refractivity contribution >= 4 is 33.3 Å². The van der Waals surface area contributed by atoms with E-state index in [0.29, 0.717) is 10.6 Å². The standard InChI is InChI=1S/C14H11ClFNO4S/c1-8-7-9(15)5-6-12(8)22(20,21)17-11-4-2-3-10(16)13(11)14(18)19/h2-7,17H,1H3,(H,18,19). The zero-order chi connectivity index (χ0) is 16.5. The Morgan fingerprint density at radius 2 is 1.95 bits per heavy atom. The number of hydrogen-bond acceptors (Lipinski definition) is 3. The average molecular weight is 344 g/mol. The van der Waals surface area contributed by atoms with Crippen molar-refractivity contribution in [3.8, 4) is 0 Å². The number of anilines is 1. The third-order valence-electron chi connectivity index (χ3n) is 2.90. The Morgan fingerprint density at radius 1 is 1.27 bits per heavy atom. The Kier molecular flexibility index (Phi) is 4.39. The first-order valence-corrected chi connectivity index (χ1v) is 7.89. The lowest BCUT2D eigenvalue weighted by Crippen LogP contribution is -2.17. The van der Waals surface area contributed by atoms with Crippen LogP contribution in [0.15, 0.2) is 41.3 Å². The first-order valence-electron chi connectivity index (χ1n) is 6.03. The second-order valence-electron chi connectivity index (χ2n) is 4.48. The van der Waals surface area contributed by atoms with E-state index in [9.17, 15) is 17.6 Å². The van der Waals surface area contributed by atoms with Crippen molar-refractivity contribution in [1.82, 2.24) is 0 Å². The molecule has 22 heavy (non-hydrogen) atoms. The highest BCUT2D eigenvalue weighted by atomic mass is 35.5. The molecule has 2 rings (SSSR count). The molecule has 0 amide bonds. The summed E-state index contributed by atoms with van der Waals surface area (Å²) < 4.78 is 40.4. The van der Waals surface area contributed by atoms with Gasteiger partial charge in [-0.15, -0.1) is 0 Å². The van der Waals surface area contributed by atoms with Crippen LogP contribution < -0.4 is 4.72 Å². The molecule has 0 unspecified atom stereocenters. The maximum atomic E-state index is 13.6. The van der Waals surface area contributed by atoms with E-state index >= 15 is 0 Å². The Balaban J connectivity index is 2.50. The Labute approximate surface area is 131 Å². The van der Waals surface area contributed by atoms with Crippen LogP contribution in [0.2, 0.25) is 5.02 Å². The fourth-order valence-corrected chi connectivity index (χ4v) is 3.47. The summed E-state index contributed by atoms with van der Waals surface area (Å²) in [4.78, 5) is 11.0. The SMILES string of the molecule is Cc1cc(Cl)ccc1S(=O)(=O)Nc1cccc(F)c1C(=O)O. The second-order valence-corrected chi connectivity index (χ2v) is 6.57. The van der Waals surface area contributed by atoms with E-state index in [1.807, 2.05) is 0 Å². The molecule has 0 spiro atoms. The highest BCUT2D eigenvalue weighted by Gasteiger charge is 2.22. The van der Waals surface area contributed by atoms with Crippen LogP contribution in [0, 0.1) is 12.7 Å². The van der Waals surface area contributed by atoms with Gasteiger partial charge in [-0.1, -0.05) is 17.7 Å². The number of carbonyl (C=O) groups is 1. The molecule has 0 aliphatic rings. The predicted octanol–water partition coefficient (Wildman–Crippen LogP) is 3.29. The van der Waals surface area contributed by atoms with E-state index in [-0.39, 0.29) is 10.6 Å². The summed E-state index contributed by atoms with van der Waals surface area (Å²) in [6.07, 6.45) is 0. The second kappa shape index (κ2) is 5.94. The first-order chi connectivity index (χ1) is 10.2. The van der Waals surface area contributed by atoms with E-state index in [2.05, 4.69) is 4.72 Å². The van der Waals surface area contributed by atoms with Gasteiger partial charge in [0.15, 0.2) is 0 Å². The minimum atomic E-state index is -4.07. The minimum Gasteiger partial charge on any atom is -0.478 e. The largest absolute Gasteiger partial charge is 0.478 e. The molecule has 0 atom stereocenters. The molecule has 8 heteroatoms.